The van der Waals surface area contributed by atoms with Gasteiger partial charge in [0, 0.05) is 11.1 Å². The molecule has 0 saturated heterocycles. The summed E-state index contributed by atoms with van der Waals surface area (Å²) < 4.78 is 0. The molecule has 0 N–H and O–H groups in total. The number of hydrogen-bond acceptors (Lipinski definition) is 6. The first-order chi connectivity index (χ1) is 16.2. The molecule has 1 fully saturated rings. The molecule has 1 aromatic carbocycles. The molecule has 2 aromatic heterocycles. The average Bonchev–Trinajstić information content (AvgIpc) is 3.68. The van der Waals surface area contributed by atoms with Gasteiger partial charge in [0.25, 0.3) is 0 Å². The third-order valence-electron chi connectivity index (χ3n) is 6.39. The van der Waals surface area contributed by atoms with E-state index in [1.807, 2.05) is 25.1 Å². The number of hydrogen-bond donors (Lipinski definition) is 0. The molecular weight excluding hydrogens is 412 g/mol. The van der Waals surface area contributed by atoms with Crippen LogP contribution in [0.1, 0.15) is 73.2 Å². The van der Waals surface area contributed by atoms with Crippen molar-refractivity contribution in [1.29, 1.82) is 0 Å². The molecule has 0 unspecified atom stereocenters. The Bertz CT molecular complexity index is 1210. The van der Waals surface area contributed by atoms with Gasteiger partial charge >= 0.3 is 0 Å². The Morgan fingerprint density at radius 1 is 1.06 bits per heavy atom. The maximum Gasteiger partial charge on any atom is 0.117 e. The molecular formula is C27H30N4O2. The number of pyridine rings is 2. The van der Waals surface area contributed by atoms with Crippen molar-refractivity contribution in [3.63, 3.8) is 0 Å². The van der Waals surface area contributed by atoms with Crippen LogP contribution in [0.5, 0.6) is 0 Å². The normalized spacial score (nSPS) is 17.3. The van der Waals surface area contributed by atoms with Crippen LogP contribution in [-0.2, 0) is 22.5 Å². The van der Waals surface area contributed by atoms with E-state index in [-0.39, 0.29) is 0 Å². The fraction of sp³-hybridized carbons (Fsp3) is 0.407. The molecule has 0 radical (unpaired) electrons. The van der Waals surface area contributed by atoms with Gasteiger partial charge in [-0.05, 0) is 87.1 Å². The molecule has 33 heavy (non-hydrogen) atoms. The van der Waals surface area contributed by atoms with Gasteiger partial charge in [0.2, 0.25) is 0 Å². The number of para-hydroxylation sites is 1. The molecule has 0 amide bonds. The van der Waals surface area contributed by atoms with Crippen LogP contribution < -0.4 is 0 Å². The number of benzene rings is 1. The first-order valence-electron chi connectivity index (χ1n) is 11.9. The molecule has 6 nitrogen and oxygen atoms in total. The van der Waals surface area contributed by atoms with Crippen LogP contribution in [0, 0.1) is 0 Å². The second-order valence-electron chi connectivity index (χ2n) is 8.85. The predicted molar refractivity (Wildman–Crippen MR) is 131 cm³/mol. The fourth-order valence-electron chi connectivity index (χ4n) is 4.69. The van der Waals surface area contributed by atoms with Gasteiger partial charge < -0.3 is 9.68 Å². The van der Waals surface area contributed by atoms with Crippen molar-refractivity contribution in [1.82, 2.24) is 9.97 Å². The summed E-state index contributed by atoms with van der Waals surface area (Å²) in [7, 11) is 1.54. The average molecular weight is 443 g/mol. The number of nitrogens with zero attached hydrogens (tertiary/aromatic N) is 4. The lowest BCUT2D eigenvalue weighted by atomic mass is 9.87. The Hall–Kier alpha value is -3.28. The van der Waals surface area contributed by atoms with E-state index in [0.29, 0.717) is 12.5 Å². The van der Waals surface area contributed by atoms with Crippen LogP contribution in [0.15, 0.2) is 52.8 Å². The number of oxime groups is 2. The van der Waals surface area contributed by atoms with Crippen LogP contribution in [0.3, 0.4) is 0 Å². The van der Waals surface area contributed by atoms with Crippen molar-refractivity contribution in [3.8, 4) is 0 Å². The van der Waals surface area contributed by atoms with Crippen molar-refractivity contribution < 1.29 is 9.68 Å². The van der Waals surface area contributed by atoms with Crippen LogP contribution in [-0.4, -0.2) is 35.1 Å². The lowest BCUT2D eigenvalue weighted by Crippen LogP contribution is -2.17. The smallest absolute Gasteiger partial charge is 0.117 e. The summed E-state index contributed by atoms with van der Waals surface area (Å²) in [5, 5.41) is 9.83. The topological polar surface area (TPSA) is 69.0 Å². The lowest BCUT2D eigenvalue weighted by molar-refractivity contribution is 0.141. The molecule has 5 rings (SSSR count). The zero-order valence-electron chi connectivity index (χ0n) is 19.4. The van der Waals surface area contributed by atoms with Gasteiger partial charge in [0.15, 0.2) is 0 Å². The minimum atomic E-state index is 0.555. The standard InChI is InChI=1S/C27H30N4O2/c1-18(30-32-2)23-13-5-8-20(28-23)9-7-17-33-31-25-14-6-11-22-26(19-15-16-19)21-10-3-4-12-24(21)29-27(22)25/h3-5,8,10,12-13,19H,6-7,9,11,14-17H2,1-2H3. The fourth-order valence-corrected chi connectivity index (χ4v) is 4.69. The maximum absolute atomic E-state index is 5.77. The Morgan fingerprint density at radius 3 is 2.79 bits per heavy atom. The Kier molecular flexibility index (Phi) is 6.33. The van der Waals surface area contributed by atoms with E-state index in [9.17, 15) is 0 Å². The summed E-state index contributed by atoms with van der Waals surface area (Å²) >= 11 is 0. The Labute approximate surface area is 194 Å². The van der Waals surface area contributed by atoms with Crippen LogP contribution in [0.4, 0.5) is 0 Å². The summed E-state index contributed by atoms with van der Waals surface area (Å²) in [6.45, 7) is 2.45. The lowest BCUT2D eigenvalue weighted by Gasteiger charge is -2.21. The van der Waals surface area contributed by atoms with E-state index in [4.69, 9.17) is 14.7 Å². The molecule has 0 aliphatic heterocycles. The number of fused-ring (bicyclic) bond motifs is 2. The molecule has 2 heterocycles. The molecule has 2 aliphatic carbocycles. The molecule has 6 heteroatoms. The van der Waals surface area contributed by atoms with Crippen molar-refractivity contribution >= 4 is 22.3 Å². The van der Waals surface area contributed by atoms with E-state index in [0.717, 1.165) is 66.1 Å². The number of rotatable bonds is 8. The highest BCUT2D eigenvalue weighted by Gasteiger charge is 2.32. The van der Waals surface area contributed by atoms with Crippen LogP contribution in [0.2, 0.25) is 0 Å². The summed E-state index contributed by atoms with van der Waals surface area (Å²) in [5.74, 6) is 0.688. The van der Waals surface area contributed by atoms with Crippen LogP contribution in [0.25, 0.3) is 10.9 Å². The molecule has 0 atom stereocenters. The van der Waals surface area contributed by atoms with E-state index in [1.165, 1.54) is 29.4 Å². The van der Waals surface area contributed by atoms with Crippen molar-refractivity contribution in [2.45, 2.75) is 57.8 Å². The summed E-state index contributed by atoms with van der Waals surface area (Å²) in [6, 6.07) is 14.5. The van der Waals surface area contributed by atoms with E-state index in [1.54, 1.807) is 7.11 Å². The molecule has 3 aromatic rings. The highest BCUT2D eigenvalue weighted by atomic mass is 16.6. The van der Waals surface area contributed by atoms with Crippen molar-refractivity contribution in [2.24, 2.45) is 10.3 Å². The van der Waals surface area contributed by atoms with Gasteiger partial charge in [-0.2, -0.15) is 0 Å². The monoisotopic (exact) mass is 442 g/mol. The third-order valence-corrected chi connectivity index (χ3v) is 6.39. The van der Waals surface area contributed by atoms with Crippen LogP contribution >= 0.6 is 0 Å². The largest absolute Gasteiger partial charge is 0.399 e. The van der Waals surface area contributed by atoms with E-state index >= 15 is 0 Å². The van der Waals surface area contributed by atoms with E-state index < -0.39 is 0 Å². The first kappa shape index (κ1) is 21.6. The second-order valence-corrected chi connectivity index (χ2v) is 8.85. The quantitative estimate of drug-likeness (QED) is 0.260. The summed E-state index contributed by atoms with van der Waals surface area (Å²) in [6.07, 6.45) is 7.36. The third kappa shape index (κ3) is 4.75. The molecule has 2 aliphatic rings. The highest BCUT2D eigenvalue weighted by molar-refractivity contribution is 6.03. The van der Waals surface area contributed by atoms with Gasteiger partial charge in [-0.1, -0.05) is 34.6 Å². The first-order valence-corrected chi connectivity index (χ1v) is 11.9. The van der Waals surface area contributed by atoms with Crippen molar-refractivity contribution in [2.75, 3.05) is 13.7 Å². The van der Waals surface area contributed by atoms with E-state index in [2.05, 4.69) is 39.6 Å². The van der Waals surface area contributed by atoms with Gasteiger partial charge in [0.05, 0.1) is 16.9 Å². The minimum Gasteiger partial charge on any atom is -0.399 e. The predicted octanol–water partition coefficient (Wildman–Crippen LogP) is 5.57. The van der Waals surface area contributed by atoms with Gasteiger partial charge in [-0.25, -0.2) is 4.98 Å². The summed E-state index contributed by atoms with van der Waals surface area (Å²) in [4.78, 5) is 20.3. The molecule has 1 saturated carbocycles. The number of aromatic nitrogens is 2. The highest BCUT2D eigenvalue weighted by Crippen LogP contribution is 2.46. The maximum atomic E-state index is 5.77. The zero-order chi connectivity index (χ0) is 22.6. The Morgan fingerprint density at radius 2 is 1.94 bits per heavy atom. The zero-order valence-corrected chi connectivity index (χ0v) is 19.4. The number of aryl methyl sites for hydroxylation is 1. The second kappa shape index (κ2) is 9.69. The van der Waals surface area contributed by atoms with Gasteiger partial charge in [-0.15, -0.1) is 0 Å². The molecule has 0 bridgehead atoms. The molecule has 0 spiro atoms. The van der Waals surface area contributed by atoms with Gasteiger partial charge in [0.1, 0.15) is 25.1 Å². The SMILES string of the molecule is CON=C(C)c1cccc(CCCON=C2CCCc3c2nc2ccccc2c3C2CC2)n1. The molecule has 170 valence electrons. The Balaban J connectivity index is 1.27. The van der Waals surface area contributed by atoms with Gasteiger partial charge in [-0.3, -0.25) is 4.98 Å². The minimum absolute atomic E-state index is 0.555. The summed E-state index contributed by atoms with van der Waals surface area (Å²) in [5.41, 5.74) is 8.66. The van der Waals surface area contributed by atoms with Crippen molar-refractivity contribution in [3.05, 3.63) is 70.7 Å².